The number of rotatable bonds is 5. The molecule has 1 heteroatoms. The summed E-state index contributed by atoms with van der Waals surface area (Å²) in [4.78, 5) is 4.42. The second-order valence-electron chi connectivity index (χ2n) is 4.71. The normalized spacial score (nSPS) is 11.6. The molecule has 2 rings (SSSR count). The largest absolute Gasteiger partial charge is 0.292 e. The minimum absolute atomic E-state index is 0.992. The smallest absolute Gasteiger partial charge is 0.0420 e. The number of hydrogen-bond donors (Lipinski definition) is 0. The quantitative estimate of drug-likeness (QED) is 0.702. The number of benzene rings is 2. The van der Waals surface area contributed by atoms with Crippen molar-refractivity contribution in [3.8, 4) is 0 Å². The number of aryl methyl sites for hydroxylation is 2. The van der Waals surface area contributed by atoms with Crippen LogP contribution < -0.4 is 0 Å². The van der Waals surface area contributed by atoms with Crippen LogP contribution in [0.3, 0.4) is 0 Å². The number of hydrogen-bond acceptors (Lipinski definition) is 1. The maximum absolute atomic E-state index is 4.42. The highest BCUT2D eigenvalue weighted by Gasteiger charge is 2.03. The minimum Gasteiger partial charge on any atom is -0.292 e. The van der Waals surface area contributed by atoms with E-state index in [4.69, 9.17) is 0 Å². The zero-order valence-electron chi connectivity index (χ0n) is 11.8. The zero-order valence-corrected chi connectivity index (χ0v) is 11.8. The molecule has 2 aromatic rings. The monoisotopic (exact) mass is 251 g/mol. The summed E-state index contributed by atoms with van der Waals surface area (Å²) < 4.78 is 0. The Bertz CT molecular complexity index is 523. The van der Waals surface area contributed by atoms with Crippen LogP contribution in [0, 0.1) is 0 Å². The van der Waals surface area contributed by atoms with E-state index in [1.165, 1.54) is 22.4 Å². The molecule has 0 aliphatic rings. The maximum atomic E-state index is 4.42. The van der Waals surface area contributed by atoms with Crippen LogP contribution in [0.1, 0.15) is 30.0 Å². The van der Waals surface area contributed by atoms with Gasteiger partial charge in [-0.15, -0.1) is 0 Å². The first-order valence-corrected chi connectivity index (χ1v) is 6.92. The van der Waals surface area contributed by atoms with E-state index in [0.29, 0.717) is 0 Å². The summed E-state index contributed by atoms with van der Waals surface area (Å²) >= 11 is 0. The van der Waals surface area contributed by atoms with Crippen LogP contribution in [-0.4, -0.2) is 12.8 Å². The van der Waals surface area contributed by atoms with Crippen LogP contribution in [0.2, 0.25) is 0 Å². The number of nitrogens with zero attached hydrogens (tertiary/aromatic N) is 1. The van der Waals surface area contributed by atoms with Crippen LogP contribution in [0.15, 0.2) is 59.6 Å². The summed E-state index contributed by atoms with van der Waals surface area (Å²) in [6, 6.07) is 19.3. The van der Waals surface area contributed by atoms with Crippen molar-refractivity contribution in [1.29, 1.82) is 0 Å². The highest BCUT2D eigenvalue weighted by Crippen LogP contribution is 2.11. The van der Waals surface area contributed by atoms with Gasteiger partial charge in [0, 0.05) is 12.8 Å². The Morgan fingerprint density at radius 3 is 2.11 bits per heavy atom. The molecule has 98 valence electrons. The second-order valence-corrected chi connectivity index (χ2v) is 4.71. The lowest BCUT2D eigenvalue weighted by Gasteiger charge is -2.07. The standard InChI is InChI=1S/C18H21N/c1-3-15-9-11-16(12-10-15)13-14-18(19-2)17-7-5-4-6-8-17/h4-12H,3,13-14H2,1-2H3. The van der Waals surface area contributed by atoms with Crippen LogP contribution >= 0.6 is 0 Å². The Morgan fingerprint density at radius 2 is 1.53 bits per heavy atom. The molecule has 0 fully saturated rings. The molecule has 0 heterocycles. The van der Waals surface area contributed by atoms with Crippen molar-refractivity contribution in [3.05, 3.63) is 71.3 Å². The van der Waals surface area contributed by atoms with E-state index >= 15 is 0 Å². The van der Waals surface area contributed by atoms with Gasteiger partial charge in [-0.2, -0.15) is 0 Å². The van der Waals surface area contributed by atoms with Gasteiger partial charge in [-0.05, 0) is 36.0 Å². The van der Waals surface area contributed by atoms with Gasteiger partial charge in [0.1, 0.15) is 0 Å². The van der Waals surface area contributed by atoms with Gasteiger partial charge in [0.15, 0.2) is 0 Å². The average molecular weight is 251 g/mol. The van der Waals surface area contributed by atoms with Crippen molar-refractivity contribution in [3.63, 3.8) is 0 Å². The molecule has 0 unspecified atom stereocenters. The summed E-state index contributed by atoms with van der Waals surface area (Å²) in [5.74, 6) is 0. The van der Waals surface area contributed by atoms with Crippen LogP contribution in [0.5, 0.6) is 0 Å². The first-order valence-electron chi connectivity index (χ1n) is 6.92. The van der Waals surface area contributed by atoms with Gasteiger partial charge in [0.2, 0.25) is 0 Å². The first kappa shape index (κ1) is 13.5. The molecule has 0 aliphatic carbocycles. The Kier molecular flexibility index (Phi) is 4.91. The molecule has 0 bridgehead atoms. The second kappa shape index (κ2) is 6.89. The zero-order chi connectivity index (χ0) is 13.5. The molecule has 2 aromatic carbocycles. The van der Waals surface area contributed by atoms with E-state index < -0.39 is 0 Å². The Hall–Kier alpha value is -1.89. The van der Waals surface area contributed by atoms with E-state index in [1.54, 1.807) is 0 Å². The lowest BCUT2D eigenvalue weighted by molar-refractivity contribution is 1.02. The predicted molar refractivity (Wildman–Crippen MR) is 83.0 cm³/mol. The maximum Gasteiger partial charge on any atom is 0.0420 e. The SMILES string of the molecule is CCc1ccc(CCC(=NC)c2ccccc2)cc1. The van der Waals surface area contributed by atoms with Gasteiger partial charge >= 0.3 is 0 Å². The molecular weight excluding hydrogens is 230 g/mol. The van der Waals surface area contributed by atoms with Gasteiger partial charge in [0.05, 0.1) is 0 Å². The van der Waals surface area contributed by atoms with Crippen molar-refractivity contribution >= 4 is 5.71 Å². The van der Waals surface area contributed by atoms with Crippen LogP contribution in [0.4, 0.5) is 0 Å². The molecule has 0 amide bonds. The predicted octanol–water partition coefficient (Wildman–Crippen LogP) is 4.30. The van der Waals surface area contributed by atoms with Crippen molar-refractivity contribution in [2.45, 2.75) is 26.2 Å². The van der Waals surface area contributed by atoms with E-state index in [0.717, 1.165) is 19.3 Å². The van der Waals surface area contributed by atoms with E-state index in [2.05, 4.69) is 60.4 Å². The topological polar surface area (TPSA) is 12.4 Å². The molecule has 0 aromatic heterocycles. The van der Waals surface area contributed by atoms with Crippen molar-refractivity contribution in [2.24, 2.45) is 4.99 Å². The molecule has 0 atom stereocenters. The first-order chi connectivity index (χ1) is 9.33. The molecule has 1 nitrogen and oxygen atoms in total. The molecule has 0 saturated carbocycles. The van der Waals surface area contributed by atoms with Crippen molar-refractivity contribution < 1.29 is 0 Å². The third kappa shape index (κ3) is 3.78. The van der Waals surface area contributed by atoms with Crippen molar-refractivity contribution in [1.82, 2.24) is 0 Å². The third-order valence-corrected chi connectivity index (χ3v) is 3.46. The number of aliphatic imine (C=N–C) groups is 1. The van der Waals surface area contributed by atoms with Crippen LogP contribution in [0.25, 0.3) is 0 Å². The lowest BCUT2D eigenvalue weighted by Crippen LogP contribution is -2.02. The fourth-order valence-corrected chi connectivity index (χ4v) is 2.22. The van der Waals surface area contributed by atoms with Crippen LogP contribution in [-0.2, 0) is 12.8 Å². The fourth-order valence-electron chi connectivity index (χ4n) is 2.22. The molecule has 0 aliphatic heterocycles. The molecule has 19 heavy (non-hydrogen) atoms. The summed E-state index contributed by atoms with van der Waals surface area (Å²) in [5.41, 5.74) is 5.20. The summed E-state index contributed by atoms with van der Waals surface area (Å²) in [7, 11) is 1.88. The lowest BCUT2D eigenvalue weighted by atomic mass is 10.0. The highest BCUT2D eigenvalue weighted by molar-refractivity contribution is 6.00. The summed E-state index contributed by atoms with van der Waals surface area (Å²) in [6.45, 7) is 2.19. The average Bonchev–Trinajstić information content (AvgIpc) is 2.49. The third-order valence-electron chi connectivity index (χ3n) is 3.46. The van der Waals surface area contributed by atoms with E-state index in [9.17, 15) is 0 Å². The Labute approximate surface area is 116 Å². The summed E-state index contributed by atoms with van der Waals surface area (Å²) in [5, 5.41) is 0. The molecule has 0 saturated heterocycles. The Balaban J connectivity index is 2.00. The molecule has 0 spiro atoms. The molecule has 0 N–H and O–H groups in total. The van der Waals surface area contributed by atoms with E-state index in [-0.39, 0.29) is 0 Å². The van der Waals surface area contributed by atoms with Gasteiger partial charge in [0.25, 0.3) is 0 Å². The van der Waals surface area contributed by atoms with Crippen molar-refractivity contribution in [2.75, 3.05) is 7.05 Å². The fraction of sp³-hybridized carbons (Fsp3) is 0.278. The molecular formula is C18H21N. The van der Waals surface area contributed by atoms with Gasteiger partial charge in [-0.3, -0.25) is 4.99 Å². The van der Waals surface area contributed by atoms with E-state index in [1.807, 2.05) is 13.1 Å². The molecule has 0 radical (unpaired) electrons. The van der Waals surface area contributed by atoms with Gasteiger partial charge < -0.3 is 0 Å². The highest BCUT2D eigenvalue weighted by atomic mass is 14.7. The minimum atomic E-state index is 0.992. The summed E-state index contributed by atoms with van der Waals surface area (Å²) in [6.07, 6.45) is 3.14. The Morgan fingerprint density at radius 1 is 0.895 bits per heavy atom. The van der Waals surface area contributed by atoms with Gasteiger partial charge in [-0.1, -0.05) is 61.5 Å². The van der Waals surface area contributed by atoms with Gasteiger partial charge in [-0.25, -0.2) is 0 Å².